The van der Waals surface area contributed by atoms with E-state index in [4.69, 9.17) is 18.9 Å². The molecule has 0 bridgehead atoms. The molecule has 146 valence electrons. The molecule has 0 saturated carbocycles. The van der Waals surface area contributed by atoms with Gasteiger partial charge in [-0.2, -0.15) is 0 Å². The molecular formula is C21H26O6. The van der Waals surface area contributed by atoms with Crippen LogP contribution in [-0.2, 0) is 32.2 Å². The van der Waals surface area contributed by atoms with Crippen molar-refractivity contribution in [2.75, 3.05) is 13.7 Å². The molecule has 1 saturated heterocycles. The lowest BCUT2D eigenvalue weighted by molar-refractivity contribution is -0.309. The summed E-state index contributed by atoms with van der Waals surface area (Å²) in [6.07, 6.45) is -3.83. The van der Waals surface area contributed by atoms with E-state index in [2.05, 4.69) is 0 Å². The maximum absolute atomic E-state index is 10.2. The molecule has 5 atom stereocenters. The summed E-state index contributed by atoms with van der Waals surface area (Å²) in [5.41, 5.74) is 1.99. The Kier molecular flexibility index (Phi) is 7.34. The van der Waals surface area contributed by atoms with Crippen LogP contribution in [0, 0.1) is 0 Å². The van der Waals surface area contributed by atoms with Crippen molar-refractivity contribution in [3.05, 3.63) is 71.8 Å². The second-order valence-electron chi connectivity index (χ2n) is 6.47. The number of hydrogen-bond acceptors (Lipinski definition) is 6. The first-order valence-corrected chi connectivity index (χ1v) is 9.01. The molecule has 1 fully saturated rings. The number of aliphatic hydroxyl groups is 2. The van der Waals surface area contributed by atoms with Crippen LogP contribution in [0.1, 0.15) is 11.1 Å². The molecule has 2 aromatic rings. The van der Waals surface area contributed by atoms with Gasteiger partial charge in [-0.05, 0) is 11.1 Å². The highest BCUT2D eigenvalue weighted by atomic mass is 16.7. The van der Waals surface area contributed by atoms with Crippen molar-refractivity contribution >= 4 is 0 Å². The fourth-order valence-electron chi connectivity index (χ4n) is 3.22. The maximum Gasteiger partial charge on any atom is 0.184 e. The van der Waals surface area contributed by atoms with Crippen LogP contribution in [0.3, 0.4) is 0 Å². The molecule has 1 aliphatic rings. The van der Waals surface area contributed by atoms with E-state index in [0.29, 0.717) is 13.2 Å². The Bertz CT molecular complexity index is 665. The highest BCUT2D eigenvalue weighted by molar-refractivity contribution is 5.14. The first-order chi connectivity index (χ1) is 13.2. The fourth-order valence-corrected chi connectivity index (χ4v) is 3.22. The Morgan fingerprint density at radius 2 is 1.33 bits per heavy atom. The molecule has 0 aromatic heterocycles. The highest BCUT2D eigenvalue weighted by Gasteiger charge is 2.47. The molecule has 0 radical (unpaired) electrons. The van der Waals surface area contributed by atoms with Crippen LogP contribution in [0.15, 0.2) is 60.7 Å². The van der Waals surface area contributed by atoms with E-state index in [-0.39, 0.29) is 6.61 Å². The van der Waals surface area contributed by atoms with E-state index in [1.807, 2.05) is 60.7 Å². The van der Waals surface area contributed by atoms with Gasteiger partial charge in [-0.25, -0.2) is 0 Å². The van der Waals surface area contributed by atoms with E-state index in [9.17, 15) is 10.2 Å². The van der Waals surface area contributed by atoms with E-state index >= 15 is 0 Å². The van der Waals surface area contributed by atoms with Crippen LogP contribution in [0.4, 0.5) is 0 Å². The van der Waals surface area contributed by atoms with Gasteiger partial charge in [0.15, 0.2) is 6.29 Å². The summed E-state index contributed by atoms with van der Waals surface area (Å²) >= 11 is 0. The second kappa shape index (κ2) is 9.94. The number of benzene rings is 2. The van der Waals surface area contributed by atoms with Gasteiger partial charge in [0.05, 0.1) is 19.8 Å². The first kappa shape index (κ1) is 19.9. The Balaban J connectivity index is 1.75. The third-order valence-corrected chi connectivity index (χ3v) is 4.63. The van der Waals surface area contributed by atoms with Crippen molar-refractivity contribution in [3.63, 3.8) is 0 Å². The van der Waals surface area contributed by atoms with Crippen molar-refractivity contribution in [1.29, 1.82) is 0 Å². The monoisotopic (exact) mass is 374 g/mol. The molecule has 0 spiro atoms. The zero-order chi connectivity index (χ0) is 19.1. The minimum atomic E-state index is -1.20. The minimum absolute atomic E-state index is 0.294. The summed E-state index contributed by atoms with van der Waals surface area (Å²) in [7, 11) is 1.49. The van der Waals surface area contributed by atoms with Crippen molar-refractivity contribution in [2.45, 2.75) is 43.9 Å². The van der Waals surface area contributed by atoms with Crippen molar-refractivity contribution in [1.82, 2.24) is 0 Å². The largest absolute Gasteiger partial charge is 0.394 e. The fraction of sp³-hybridized carbons (Fsp3) is 0.429. The lowest BCUT2D eigenvalue weighted by Crippen LogP contribution is -2.60. The minimum Gasteiger partial charge on any atom is -0.394 e. The number of ether oxygens (including phenoxy) is 4. The maximum atomic E-state index is 10.2. The van der Waals surface area contributed by atoms with E-state index < -0.39 is 30.7 Å². The predicted molar refractivity (Wildman–Crippen MR) is 98.8 cm³/mol. The number of aliphatic hydroxyl groups excluding tert-OH is 2. The molecule has 1 aliphatic heterocycles. The van der Waals surface area contributed by atoms with Crippen molar-refractivity contribution in [2.24, 2.45) is 0 Å². The SMILES string of the molecule is CO[C@@H]1[C@H](OCc2ccccc2)[C@@H](OCc2ccccc2)[C@@H](CO)O[C@H]1O. The van der Waals surface area contributed by atoms with Crippen LogP contribution >= 0.6 is 0 Å². The van der Waals surface area contributed by atoms with Crippen LogP contribution in [0.25, 0.3) is 0 Å². The van der Waals surface area contributed by atoms with Gasteiger partial charge in [-0.3, -0.25) is 0 Å². The number of rotatable bonds is 8. The van der Waals surface area contributed by atoms with Crippen molar-refractivity contribution in [3.8, 4) is 0 Å². The molecule has 27 heavy (non-hydrogen) atoms. The van der Waals surface area contributed by atoms with Gasteiger partial charge in [0, 0.05) is 7.11 Å². The Hall–Kier alpha value is -1.80. The third kappa shape index (κ3) is 5.13. The first-order valence-electron chi connectivity index (χ1n) is 9.01. The number of methoxy groups -OCH3 is 1. The van der Waals surface area contributed by atoms with Gasteiger partial charge in [-0.15, -0.1) is 0 Å². The van der Waals surface area contributed by atoms with Crippen LogP contribution < -0.4 is 0 Å². The Morgan fingerprint density at radius 3 is 1.81 bits per heavy atom. The van der Waals surface area contributed by atoms with Gasteiger partial charge in [-0.1, -0.05) is 60.7 Å². The van der Waals surface area contributed by atoms with Crippen LogP contribution in [0.2, 0.25) is 0 Å². The van der Waals surface area contributed by atoms with Gasteiger partial charge in [0.1, 0.15) is 24.4 Å². The normalized spacial score (nSPS) is 28.2. The summed E-state index contributed by atoms with van der Waals surface area (Å²) in [4.78, 5) is 0. The van der Waals surface area contributed by atoms with E-state index in [0.717, 1.165) is 11.1 Å². The van der Waals surface area contributed by atoms with Gasteiger partial charge >= 0.3 is 0 Å². The average molecular weight is 374 g/mol. The summed E-state index contributed by atoms with van der Waals surface area (Å²) in [5.74, 6) is 0. The van der Waals surface area contributed by atoms with E-state index in [1.54, 1.807) is 0 Å². The molecular weight excluding hydrogens is 348 g/mol. The molecule has 6 heteroatoms. The van der Waals surface area contributed by atoms with Crippen molar-refractivity contribution < 1.29 is 29.2 Å². The third-order valence-electron chi connectivity index (χ3n) is 4.63. The summed E-state index contributed by atoms with van der Waals surface area (Å²) < 4.78 is 23.0. The lowest BCUT2D eigenvalue weighted by atomic mass is 9.98. The molecule has 2 N–H and O–H groups in total. The zero-order valence-electron chi connectivity index (χ0n) is 15.3. The topological polar surface area (TPSA) is 77.4 Å². The quantitative estimate of drug-likeness (QED) is 0.735. The van der Waals surface area contributed by atoms with Gasteiger partial charge in [0.2, 0.25) is 0 Å². The van der Waals surface area contributed by atoms with Crippen LogP contribution in [0.5, 0.6) is 0 Å². The molecule has 0 amide bonds. The molecule has 0 aliphatic carbocycles. The molecule has 6 nitrogen and oxygen atoms in total. The molecule has 0 unspecified atom stereocenters. The van der Waals surface area contributed by atoms with E-state index in [1.165, 1.54) is 7.11 Å². The molecule has 2 aromatic carbocycles. The smallest absolute Gasteiger partial charge is 0.184 e. The summed E-state index contributed by atoms with van der Waals surface area (Å²) in [6.45, 7) is 0.378. The lowest BCUT2D eigenvalue weighted by Gasteiger charge is -2.43. The van der Waals surface area contributed by atoms with Crippen LogP contribution in [-0.4, -0.2) is 54.6 Å². The zero-order valence-corrected chi connectivity index (χ0v) is 15.3. The summed E-state index contributed by atoms with van der Waals surface area (Å²) in [6, 6.07) is 19.5. The Morgan fingerprint density at radius 1 is 0.815 bits per heavy atom. The second-order valence-corrected chi connectivity index (χ2v) is 6.47. The summed E-state index contributed by atoms with van der Waals surface area (Å²) in [5, 5.41) is 20.0. The standard InChI is InChI=1S/C21H26O6/c1-24-20-19(26-14-16-10-6-3-7-11-16)18(17(12-22)27-21(20)23)25-13-15-8-4-2-5-9-15/h2-11,17-23H,12-14H2,1H3/t17-,18+,19-,20-,21-/m1/s1. The van der Waals surface area contributed by atoms with Gasteiger partial charge < -0.3 is 29.2 Å². The van der Waals surface area contributed by atoms with Gasteiger partial charge in [0.25, 0.3) is 0 Å². The highest BCUT2D eigenvalue weighted by Crippen LogP contribution is 2.28. The average Bonchev–Trinajstić information content (AvgIpc) is 2.72. The number of hydrogen-bond donors (Lipinski definition) is 2. The molecule has 1 heterocycles. The Labute approximate surface area is 159 Å². The predicted octanol–water partition coefficient (Wildman–Crippen LogP) is 1.88. The molecule has 3 rings (SSSR count).